The fourth-order valence-corrected chi connectivity index (χ4v) is 3.88. The maximum absolute atomic E-state index is 11.1. The molecule has 3 N–H and O–H groups in total. The lowest BCUT2D eigenvalue weighted by atomic mass is 10.0. The van der Waals surface area contributed by atoms with E-state index in [1.54, 1.807) is 11.3 Å². The van der Waals surface area contributed by atoms with Gasteiger partial charge in [-0.05, 0) is 40.8 Å². The average molecular weight is 307 g/mol. The SMILES string of the molecule is NC(=O)Nc1cc2c(c(-c3cc4ccccc4s3)c1)CN=C2. The molecule has 3 aromatic rings. The van der Waals surface area contributed by atoms with Gasteiger partial charge >= 0.3 is 6.03 Å². The second-order valence-corrected chi connectivity index (χ2v) is 6.28. The fourth-order valence-electron chi connectivity index (χ4n) is 2.77. The van der Waals surface area contributed by atoms with Gasteiger partial charge in [0.05, 0.1) is 6.54 Å². The second kappa shape index (κ2) is 4.96. The van der Waals surface area contributed by atoms with E-state index in [-0.39, 0.29) is 0 Å². The molecular weight excluding hydrogens is 294 g/mol. The number of benzene rings is 2. The molecule has 0 unspecified atom stereocenters. The number of nitrogens with two attached hydrogens (primary N) is 1. The molecule has 4 rings (SSSR count). The van der Waals surface area contributed by atoms with Gasteiger partial charge < -0.3 is 11.1 Å². The van der Waals surface area contributed by atoms with Gasteiger partial charge in [-0.15, -0.1) is 11.3 Å². The number of amides is 2. The summed E-state index contributed by atoms with van der Waals surface area (Å²) in [5.41, 5.74) is 9.29. The van der Waals surface area contributed by atoms with Crippen molar-refractivity contribution < 1.29 is 4.79 Å². The molecule has 0 bridgehead atoms. The van der Waals surface area contributed by atoms with Crippen LogP contribution < -0.4 is 11.1 Å². The first kappa shape index (κ1) is 13.0. The Labute approximate surface area is 131 Å². The van der Waals surface area contributed by atoms with Gasteiger partial charge in [0.25, 0.3) is 0 Å². The average Bonchev–Trinajstić information content (AvgIpc) is 3.11. The molecule has 4 nitrogen and oxygen atoms in total. The third kappa shape index (κ3) is 2.16. The van der Waals surface area contributed by atoms with Gasteiger partial charge in [-0.3, -0.25) is 4.99 Å². The van der Waals surface area contributed by atoms with Crippen LogP contribution in [-0.4, -0.2) is 12.2 Å². The van der Waals surface area contributed by atoms with Crippen LogP contribution in [0.2, 0.25) is 0 Å². The number of fused-ring (bicyclic) bond motifs is 2. The highest BCUT2D eigenvalue weighted by molar-refractivity contribution is 7.22. The Morgan fingerprint density at radius 2 is 2.09 bits per heavy atom. The van der Waals surface area contributed by atoms with Crippen LogP contribution in [0, 0.1) is 0 Å². The van der Waals surface area contributed by atoms with Crippen molar-refractivity contribution in [2.24, 2.45) is 10.7 Å². The molecule has 2 amide bonds. The molecule has 0 aliphatic carbocycles. The maximum Gasteiger partial charge on any atom is 0.316 e. The second-order valence-electron chi connectivity index (χ2n) is 5.20. The molecule has 1 aliphatic rings. The van der Waals surface area contributed by atoms with Gasteiger partial charge in [-0.25, -0.2) is 4.79 Å². The molecular formula is C17H13N3OS. The number of aliphatic imine (C=N–C) groups is 1. The molecule has 0 radical (unpaired) electrons. The number of thiophene rings is 1. The third-order valence-corrected chi connectivity index (χ3v) is 4.87. The lowest BCUT2D eigenvalue weighted by Gasteiger charge is -2.10. The van der Waals surface area contributed by atoms with Crippen molar-refractivity contribution in [2.75, 3.05) is 5.32 Å². The van der Waals surface area contributed by atoms with Crippen LogP contribution >= 0.6 is 11.3 Å². The van der Waals surface area contributed by atoms with Crippen LogP contribution in [-0.2, 0) is 6.54 Å². The smallest absolute Gasteiger partial charge is 0.316 e. The summed E-state index contributed by atoms with van der Waals surface area (Å²) in [5, 5.41) is 3.89. The maximum atomic E-state index is 11.1. The zero-order valence-corrected chi connectivity index (χ0v) is 12.5. The number of hydrogen-bond donors (Lipinski definition) is 2. The molecule has 0 saturated carbocycles. The van der Waals surface area contributed by atoms with Crippen LogP contribution in [0.3, 0.4) is 0 Å². The topological polar surface area (TPSA) is 67.5 Å². The van der Waals surface area contributed by atoms with Crippen molar-refractivity contribution in [2.45, 2.75) is 6.54 Å². The van der Waals surface area contributed by atoms with Gasteiger partial charge in [-0.1, -0.05) is 18.2 Å². The monoisotopic (exact) mass is 307 g/mol. The van der Waals surface area contributed by atoms with Gasteiger partial charge in [0.1, 0.15) is 0 Å². The van der Waals surface area contributed by atoms with Gasteiger partial charge in [0.2, 0.25) is 0 Å². The fraction of sp³-hybridized carbons (Fsp3) is 0.0588. The van der Waals surface area contributed by atoms with Crippen molar-refractivity contribution >= 4 is 39.4 Å². The summed E-state index contributed by atoms with van der Waals surface area (Å²) in [6.07, 6.45) is 1.85. The van der Waals surface area contributed by atoms with E-state index >= 15 is 0 Å². The molecule has 2 aromatic carbocycles. The van der Waals surface area contributed by atoms with Crippen LogP contribution in [0.25, 0.3) is 20.5 Å². The highest BCUT2D eigenvalue weighted by atomic mass is 32.1. The number of carbonyl (C=O) groups excluding carboxylic acids is 1. The summed E-state index contributed by atoms with van der Waals surface area (Å²) in [5.74, 6) is 0. The summed E-state index contributed by atoms with van der Waals surface area (Å²) < 4.78 is 1.25. The Morgan fingerprint density at radius 1 is 1.23 bits per heavy atom. The van der Waals surface area contributed by atoms with Crippen molar-refractivity contribution in [1.29, 1.82) is 0 Å². The Kier molecular flexibility index (Phi) is 2.94. The standard InChI is InChI=1S/C17H13N3OS/c18-17(21)20-12-5-11-8-19-9-14(11)13(7-12)16-6-10-3-1-2-4-15(10)22-16/h1-8H,9H2,(H3,18,20,21). The van der Waals surface area contributed by atoms with Crippen molar-refractivity contribution in [3.05, 3.63) is 53.6 Å². The van der Waals surface area contributed by atoms with Crippen LogP contribution in [0.5, 0.6) is 0 Å². The molecule has 0 fully saturated rings. The molecule has 0 spiro atoms. The number of nitrogens with one attached hydrogen (secondary N) is 1. The Balaban J connectivity index is 1.90. The molecule has 0 saturated heterocycles. The first-order valence-corrected chi connectivity index (χ1v) is 7.74. The van der Waals surface area contributed by atoms with Gasteiger partial charge in [-0.2, -0.15) is 0 Å². The number of primary amides is 1. The minimum atomic E-state index is -0.558. The third-order valence-electron chi connectivity index (χ3n) is 3.72. The molecule has 1 aliphatic heterocycles. The zero-order valence-electron chi connectivity index (χ0n) is 11.7. The summed E-state index contributed by atoms with van der Waals surface area (Å²) >= 11 is 1.74. The molecule has 5 heteroatoms. The summed E-state index contributed by atoms with van der Waals surface area (Å²) in [6.45, 7) is 0.676. The van der Waals surface area contributed by atoms with E-state index in [2.05, 4.69) is 28.5 Å². The number of rotatable bonds is 2. The Bertz CT molecular complexity index is 894. The predicted octanol–water partition coefficient (Wildman–Crippen LogP) is 3.99. The normalized spacial score (nSPS) is 12.5. The quantitative estimate of drug-likeness (QED) is 0.738. The number of urea groups is 1. The van der Waals surface area contributed by atoms with Crippen LogP contribution in [0.1, 0.15) is 11.1 Å². The van der Waals surface area contributed by atoms with E-state index in [9.17, 15) is 4.79 Å². The molecule has 108 valence electrons. The van der Waals surface area contributed by atoms with Crippen LogP contribution in [0.4, 0.5) is 10.5 Å². The van der Waals surface area contributed by atoms with E-state index in [0.29, 0.717) is 12.2 Å². The number of hydrogen-bond acceptors (Lipinski definition) is 3. The lowest BCUT2D eigenvalue weighted by molar-refractivity contribution is 0.259. The van der Waals surface area contributed by atoms with E-state index in [1.165, 1.54) is 20.5 Å². The van der Waals surface area contributed by atoms with Gasteiger partial charge in [0, 0.05) is 27.0 Å². The van der Waals surface area contributed by atoms with Crippen molar-refractivity contribution in [3.8, 4) is 10.4 Å². The highest BCUT2D eigenvalue weighted by Crippen LogP contribution is 2.38. The first-order valence-electron chi connectivity index (χ1n) is 6.93. The largest absolute Gasteiger partial charge is 0.351 e. The first-order chi connectivity index (χ1) is 10.7. The van der Waals surface area contributed by atoms with E-state index < -0.39 is 6.03 Å². The zero-order chi connectivity index (χ0) is 15.1. The lowest BCUT2D eigenvalue weighted by Crippen LogP contribution is -2.19. The molecule has 2 heterocycles. The van der Waals surface area contributed by atoms with Crippen molar-refractivity contribution in [3.63, 3.8) is 0 Å². The van der Waals surface area contributed by atoms with E-state index in [0.717, 1.165) is 11.1 Å². The van der Waals surface area contributed by atoms with E-state index in [1.807, 2.05) is 30.5 Å². The number of carbonyl (C=O) groups is 1. The summed E-state index contributed by atoms with van der Waals surface area (Å²) in [6, 6.07) is 13.8. The summed E-state index contributed by atoms with van der Waals surface area (Å²) in [4.78, 5) is 16.7. The van der Waals surface area contributed by atoms with Crippen LogP contribution in [0.15, 0.2) is 47.5 Å². The predicted molar refractivity (Wildman–Crippen MR) is 91.8 cm³/mol. The number of nitrogens with zero attached hydrogens (tertiary/aromatic N) is 1. The summed E-state index contributed by atoms with van der Waals surface area (Å²) in [7, 11) is 0. The molecule has 22 heavy (non-hydrogen) atoms. The Morgan fingerprint density at radius 3 is 2.91 bits per heavy atom. The minimum Gasteiger partial charge on any atom is -0.351 e. The molecule has 0 atom stereocenters. The van der Waals surface area contributed by atoms with Gasteiger partial charge in [0.15, 0.2) is 0 Å². The Hall–Kier alpha value is -2.66. The highest BCUT2D eigenvalue weighted by Gasteiger charge is 2.17. The number of anilines is 1. The van der Waals surface area contributed by atoms with E-state index in [4.69, 9.17) is 5.73 Å². The minimum absolute atomic E-state index is 0.558. The van der Waals surface area contributed by atoms with Crippen molar-refractivity contribution in [1.82, 2.24) is 0 Å². The molecule has 1 aromatic heterocycles.